The number of aromatic nitrogens is 2. The molecule has 0 bridgehead atoms. The van der Waals surface area contributed by atoms with Crippen LogP contribution in [-0.2, 0) is 25.9 Å². The van der Waals surface area contributed by atoms with Crippen molar-refractivity contribution in [2.24, 2.45) is 0 Å². The van der Waals surface area contributed by atoms with Crippen LogP contribution < -0.4 is 14.4 Å². The minimum absolute atomic E-state index is 0.895. The quantitative estimate of drug-likeness (QED) is 0.138. The summed E-state index contributed by atoms with van der Waals surface area (Å²) >= 11 is 0. The van der Waals surface area contributed by atoms with Gasteiger partial charge < -0.3 is 9.80 Å². The number of hydrogen-bond acceptors (Lipinski definition) is 2. The zero-order valence-corrected chi connectivity index (χ0v) is 28.5. The summed E-state index contributed by atoms with van der Waals surface area (Å²) in [5.74, 6) is 2.45. The third-order valence-corrected chi connectivity index (χ3v) is 10.0. The van der Waals surface area contributed by atoms with Crippen molar-refractivity contribution in [2.45, 2.75) is 39.8 Å². The highest BCUT2D eigenvalue weighted by molar-refractivity contribution is 5.97. The summed E-state index contributed by atoms with van der Waals surface area (Å²) in [5.41, 5.74) is 7.83. The number of anilines is 2. The van der Waals surface area contributed by atoms with Crippen LogP contribution in [0.2, 0.25) is 0 Å². The Bertz CT molecular complexity index is 2310. The fourth-order valence-electron chi connectivity index (χ4n) is 7.57. The molecule has 49 heavy (non-hydrogen) atoms. The van der Waals surface area contributed by atoms with Gasteiger partial charge in [-0.05, 0) is 83.3 Å². The van der Waals surface area contributed by atoms with Crippen LogP contribution in [0.1, 0.15) is 30.8 Å². The van der Waals surface area contributed by atoms with Crippen LogP contribution in [0.25, 0.3) is 38.7 Å². The Kier molecular flexibility index (Phi) is 8.45. The molecule has 0 spiro atoms. The Morgan fingerprint density at radius 1 is 0.571 bits per heavy atom. The number of imidazole rings is 1. The van der Waals surface area contributed by atoms with Gasteiger partial charge in [0.1, 0.15) is 5.82 Å². The molecule has 0 fully saturated rings. The summed E-state index contributed by atoms with van der Waals surface area (Å²) in [6.45, 7) is 8.12. The average molecular weight is 640 g/mol. The molecule has 1 aromatic heterocycles. The van der Waals surface area contributed by atoms with Gasteiger partial charge in [-0.3, -0.25) is 0 Å². The Hall–Kier alpha value is -5.61. The van der Waals surface area contributed by atoms with Crippen LogP contribution >= 0.6 is 0 Å². The summed E-state index contributed by atoms with van der Waals surface area (Å²) in [5, 5.41) is 5.11. The number of rotatable bonds is 10. The minimum atomic E-state index is 0.895. The van der Waals surface area contributed by atoms with Crippen molar-refractivity contribution in [3.63, 3.8) is 0 Å². The van der Waals surface area contributed by atoms with E-state index in [1.807, 2.05) is 0 Å². The molecule has 242 valence electrons. The highest BCUT2D eigenvalue weighted by atomic mass is 15.4. The standard InChI is InChI=1S/C45H43N4/c1-3-46-40-30-36-20-11-13-22-38(36)32-42(40)48(28-26-34-16-7-5-8-17-34)44(46)24-15-25-45-47(4-2)41-31-37-21-12-14-23-39(37)33-43(41)49(45)29-27-35-18-9-6-10-19-35/h5-25,30-33H,3-4,26-29H2,1-2H3/q+1. The van der Waals surface area contributed by atoms with Crippen molar-refractivity contribution in [2.75, 3.05) is 22.9 Å². The maximum Gasteiger partial charge on any atom is 0.282 e. The number of nitrogens with zero attached hydrogens (tertiary/aromatic N) is 4. The molecule has 0 N–H and O–H groups in total. The van der Waals surface area contributed by atoms with Gasteiger partial charge in [-0.1, -0.05) is 115 Å². The Balaban J connectivity index is 1.22. The first-order chi connectivity index (χ1) is 24.2. The Labute approximate surface area is 289 Å². The Morgan fingerprint density at radius 3 is 1.73 bits per heavy atom. The van der Waals surface area contributed by atoms with E-state index in [1.165, 1.54) is 66.7 Å². The highest BCUT2D eigenvalue weighted by Crippen LogP contribution is 2.44. The number of hydrogen-bond donors (Lipinski definition) is 0. The molecule has 1 aliphatic rings. The number of allylic oxidation sites excluding steroid dienone is 2. The van der Waals surface area contributed by atoms with Crippen LogP contribution in [-0.4, -0.2) is 17.7 Å². The molecule has 4 nitrogen and oxygen atoms in total. The van der Waals surface area contributed by atoms with E-state index in [1.54, 1.807) is 0 Å². The third-order valence-electron chi connectivity index (χ3n) is 10.0. The number of benzene rings is 6. The first-order valence-corrected chi connectivity index (χ1v) is 17.7. The summed E-state index contributed by atoms with van der Waals surface area (Å²) in [4.78, 5) is 5.00. The molecule has 0 atom stereocenters. The van der Waals surface area contributed by atoms with E-state index in [-0.39, 0.29) is 0 Å². The Morgan fingerprint density at radius 2 is 1.12 bits per heavy atom. The van der Waals surface area contributed by atoms with E-state index in [9.17, 15) is 0 Å². The van der Waals surface area contributed by atoms with Crippen molar-refractivity contribution in [1.29, 1.82) is 0 Å². The van der Waals surface area contributed by atoms with E-state index in [0.717, 1.165) is 39.0 Å². The van der Waals surface area contributed by atoms with Crippen LogP contribution in [0.5, 0.6) is 0 Å². The van der Waals surface area contributed by atoms with E-state index in [2.05, 4.69) is 184 Å². The SMILES string of the molecule is CCN1C(=CC=Cc2n(CC)c3cc4ccccc4cc3[n+]2CCc2ccccc2)N(CCc2ccccc2)c2cc3ccccc3cc21. The van der Waals surface area contributed by atoms with E-state index in [0.29, 0.717) is 0 Å². The van der Waals surface area contributed by atoms with Crippen molar-refractivity contribution >= 4 is 50.0 Å². The summed E-state index contributed by atoms with van der Waals surface area (Å²) in [7, 11) is 0. The zero-order valence-electron chi connectivity index (χ0n) is 28.5. The third kappa shape index (κ3) is 5.89. The van der Waals surface area contributed by atoms with E-state index < -0.39 is 0 Å². The normalized spacial score (nSPS) is 13.9. The predicted octanol–water partition coefficient (Wildman–Crippen LogP) is 9.94. The second kappa shape index (κ2) is 13.5. The van der Waals surface area contributed by atoms with Gasteiger partial charge >= 0.3 is 0 Å². The highest BCUT2D eigenvalue weighted by Gasteiger charge is 2.30. The monoisotopic (exact) mass is 639 g/mol. The molecular weight excluding hydrogens is 597 g/mol. The molecule has 0 saturated carbocycles. The predicted molar refractivity (Wildman–Crippen MR) is 207 cm³/mol. The van der Waals surface area contributed by atoms with E-state index in [4.69, 9.17) is 0 Å². The minimum Gasteiger partial charge on any atom is -0.326 e. The first-order valence-electron chi connectivity index (χ1n) is 17.7. The molecule has 0 aliphatic carbocycles. The van der Waals surface area contributed by atoms with Gasteiger partial charge in [-0.2, -0.15) is 0 Å². The van der Waals surface area contributed by atoms with Gasteiger partial charge in [-0.15, -0.1) is 0 Å². The lowest BCUT2D eigenvalue weighted by Crippen LogP contribution is -2.37. The molecule has 0 amide bonds. The number of fused-ring (bicyclic) bond motifs is 4. The smallest absolute Gasteiger partial charge is 0.282 e. The lowest BCUT2D eigenvalue weighted by molar-refractivity contribution is -0.673. The molecule has 0 radical (unpaired) electrons. The molecule has 1 aliphatic heterocycles. The molecule has 2 heterocycles. The second-order valence-corrected chi connectivity index (χ2v) is 12.9. The molecule has 0 unspecified atom stereocenters. The maximum atomic E-state index is 2.52. The second-order valence-electron chi connectivity index (χ2n) is 12.9. The van der Waals surface area contributed by atoms with Crippen molar-refractivity contribution in [1.82, 2.24) is 4.57 Å². The van der Waals surface area contributed by atoms with Gasteiger partial charge in [0, 0.05) is 25.6 Å². The molecule has 8 rings (SSSR count). The van der Waals surface area contributed by atoms with Gasteiger partial charge in [0.05, 0.1) is 24.5 Å². The summed E-state index contributed by atoms with van der Waals surface area (Å²) in [6.07, 6.45) is 8.88. The van der Waals surface area contributed by atoms with Crippen LogP contribution in [0, 0.1) is 0 Å². The molecule has 7 aromatic rings. The molecule has 4 heteroatoms. The summed E-state index contributed by atoms with van der Waals surface area (Å²) < 4.78 is 5.00. The van der Waals surface area contributed by atoms with Crippen molar-refractivity contribution in [3.8, 4) is 0 Å². The zero-order chi connectivity index (χ0) is 33.2. The van der Waals surface area contributed by atoms with Crippen molar-refractivity contribution in [3.05, 3.63) is 168 Å². The molecule has 6 aromatic carbocycles. The fraction of sp³-hybridized carbons (Fsp3) is 0.178. The van der Waals surface area contributed by atoms with Crippen LogP contribution in [0.3, 0.4) is 0 Å². The van der Waals surface area contributed by atoms with Crippen molar-refractivity contribution < 1.29 is 4.57 Å². The van der Waals surface area contributed by atoms with Crippen LogP contribution in [0.15, 0.2) is 151 Å². The summed E-state index contributed by atoms with van der Waals surface area (Å²) in [6, 6.07) is 48.6. The topological polar surface area (TPSA) is 15.3 Å². The van der Waals surface area contributed by atoms with Crippen LogP contribution in [0.4, 0.5) is 11.4 Å². The van der Waals surface area contributed by atoms with E-state index >= 15 is 0 Å². The maximum absolute atomic E-state index is 2.52. The van der Waals surface area contributed by atoms with Gasteiger partial charge in [0.15, 0.2) is 11.0 Å². The molecule has 0 saturated heterocycles. The fourth-order valence-corrected chi connectivity index (χ4v) is 7.57. The molecular formula is C45H43N4+. The lowest BCUT2D eigenvalue weighted by Gasteiger charge is -2.24. The first kappa shape index (κ1) is 30.7. The van der Waals surface area contributed by atoms with Gasteiger partial charge in [-0.25, -0.2) is 9.13 Å². The average Bonchev–Trinajstić information content (AvgIpc) is 3.60. The lowest BCUT2D eigenvalue weighted by atomic mass is 10.1. The van der Waals surface area contributed by atoms with Gasteiger partial charge in [0.25, 0.3) is 5.82 Å². The largest absolute Gasteiger partial charge is 0.326 e. The van der Waals surface area contributed by atoms with Gasteiger partial charge in [0.2, 0.25) is 0 Å². The number of aryl methyl sites for hydroxylation is 3.